The molecule has 1 unspecified atom stereocenters. The lowest BCUT2D eigenvalue weighted by atomic mass is 10.1. The van der Waals surface area contributed by atoms with Gasteiger partial charge in [0.25, 0.3) is 0 Å². The van der Waals surface area contributed by atoms with Crippen LogP contribution in [0.25, 0.3) is 0 Å². The first-order chi connectivity index (χ1) is 7.06. The van der Waals surface area contributed by atoms with Crippen LogP contribution in [0.5, 0.6) is 0 Å². The summed E-state index contributed by atoms with van der Waals surface area (Å²) in [6.45, 7) is 0. The van der Waals surface area contributed by atoms with E-state index in [2.05, 4.69) is 9.97 Å². The first kappa shape index (κ1) is 11.4. The van der Waals surface area contributed by atoms with Crippen molar-refractivity contribution < 1.29 is 4.79 Å². The number of hydrogen-bond donors (Lipinski definition) is 0. The molecule has 0 bridgehead atoms. The Balaban J connectivity index is 3.04. The number of carbonyl (C=O) groups excluding carboxylic acids is 1. The average Bonchev–Trinajstić information content (AvgIpc) is 2.18. The van der Waals surface area contributed by atoms with Gasteiger partial charge in [0, 0.05) is 14.1 Å². The van der Waals surface area contributed by atoms with Gasteiger partial charge in [0.2, 0.25) is 5.91 Å². The van der Waals surface area contributed by atoms with E-state index in [0.29, 0.717) is 5.69 Å². The third-order valence-electron chi connectivity index (χ3n) is 1.77. The summed E-state index contributed by atoms with van der Waals surface area (Å²) in [5.41, 5.74) is 0.316. The first-order valence-corrected chi connectivity index (χ1v) is 4.52. The molecule has 0 fully saturated rings. The first-order valence-electron chi connectivity index (χ1n) is 4.14. The molecule has 6 heteroatoms. The molecule has 0 saturated heterocycles. The molecule has 0 aromatic carbocycles. The van der Waals surface area contributed by atoms with Crippen LogP contribution in [0.2, 0.25) is 5.15 Å². The minimum atomic E-state index is -0.930. The third kappa shape index (κ3) is 2.64. The normalized spacial score (nSPS) is 11.6. The Labute approximate surface area is 92.3 Å². The van der Waals surface area contributed by atoms with Gasteiger partial charge in [0.1, 0.15) is 11.5 Å². The lowest BCUT2D eigenvalue weighted by Gasteiger charge is -2.14. The molecule has 5 nitrogen and oxygen atoms in total. The summed E-state index contributed by atoms with van der Waals surface area (Å²) in [5, 5.41) is 9.10. The van der Waals surface area contributed by atoms with Crippen molar-refractivity contribution in [3.8, 4) is 6.07 Å². The van der Waals surface area contributed by atoms with Crippen molar-refractivity contribution in [2.45, 2.75) is 5.92 Å². The molecular weight excluding hydrogens is 216 g/mol. The molecule has 15 heavy (non-hydrogen) atoms. The Morgan fingerprint density at radius 3 is 2.73 bits per heavy atom. The van der Waals surface area contributed by atoms with Crippen molar-refractivity contribution >= 4 is 17.5 Å². The fourth-order valence-corrected chi connectivity index (χ4v) is 1.17. The molecule has 1 heterocycles. The summed E-state index contributed by atoms with van der Waals surface area (Å²) in [6, 6.07) is 3.30. The number of halogens is 1. The molecule has 1 aromatic rings. The van der Waals surface area contributed by atoms with E-state index < -0.39 is 5.92 Å². The van der Waals surface area contributed by atoms with Crippen LogP contribution in [-0.2, 0) is 4.79 Å². The predicted octanol–water partition coefficient (Wildman–Crippen LogP) is 0.825. The summed E-state index contributed by atoms with van der Waals surface area (Å²) in [5.74, 6) is -1.26. The van der Waals surface area contributed by atoms with Crippen molar-refractivity contribution in [3.63, 3.8) is 0 Å². The largest absolute Gasteiger partial charge is 0.347 e. The van der Waals surface area contributed by atoms with Crippen molar-refractivity contribution in [1.29, 1.82) is 5.26 Å². The van der Waals surface area contributed by atoms with Crippen LogP contribution in [-0.4, -0.2) is 34.9 Å². The molecule has 1 aromatic heterocycles. The minimum Gasteiger partial charge on any atom is -0.347 e. The van der Waals surface area contributed by atoms with Gasteiger partial charge in [-0.25, -0.2) is 9.97 Å². The summed E-state index contributed by atoms with van der Waals surface area (Å²) < 4.78 is 0. The van der Waals surface area contributed by atoms with Crippen molar-refractivity contribution in [3.05, 3.63) is 23.2 Å². The number of amides is 1. The molecule has 0 spiro atoms. The number of hydrogen-bond acceptors (Lipinski definition) is 4. The molecule has 0 saturated carbocycles. The van der Waals surface area contributed by atoms with Gasteiger partial charge in [-0.1, -0.05) is 11.6 Å². The van der Waals surface area contributed by atoms with Crippen LogP contribution in [0.4, 0.5) is 0 Å². The molecule has 0 radical (unpaired) electrons. The number of likely N-dealkylation sites (N-methyl/N-ethyl adjacent to an activating group) is 1. The van der Waals surface area contributed by atoms with Gasteiger partial charge < -0.3 is 4.90 Å². The number of nitriles is 1. The highest BCUT2D eigenvalue weighted by molar-refractivity contribution is 6.29. The highest BCUT2D eigenvalue weighted by Gasteiger charge is 2.23. The quantitative estimate of drug-likeness (QED) is 0.698. The number of carbonyl (C=O) groups is 1. The highest BCUT2D eigenvalue weighted by atomic mass is 35.5. The SMILES string of the molecule is CN(C)C(=O)C(C#N)c1cc(Cl)ncn1. The zero-order valence-electron chi connectivity index (χ0n) is 8.31. The molecule has 0 aliphatic carbocycles. The fourth-order valence-electron chi connectivity index (χ4n) is 1.01. The van der Waals surface area contributed by atoms with E-state index in [-0.39, 0.29) is 11.1 Å². The van der Waals surface area contributed by atoms with Crippen LogP contribution in [0.15, 0.2) is 12.4 Å². The predicted molar refractivity (Wildman–Crippen MR) is 54.1 cm³/mol. The smallest absolute Gasteiger partial charge is 0.245 e. The van der Waals surface area contributed by atoms with E-state index >= 15 is 0 Å². The Morgan fingerprint density at radius 1 is 1.60 bits per heavy atom. The number of nitrogens with zero attached hydrogens (tertiary/aromatic N) is 4. The maximum absolute atomic E-state index is 11.6. The molecular formula is C9H9ClN4O. The molecule has 78 valence electrons. The second-order valence-electron chi connectivity index (χ2n) is 3.06. The van der Waals surface area contributed by atoms with Crippen LogP contribution < -0.4 is 0 Å². The van der Waals surface area contributed by atoms with Gasteiger partial charge in [-0.15, -0.1) is 0 Å². The monoisotopic (exact) mass is 224 g/mol. The summed E-state index contributed by atoms with van der Waals surface area (Å²) in [7, 11) is 3.16. The summed E-state index contributed by atoms with van der Waals surface area (Å²) in [4.78, 5) is 20.5. The van der Waals surface area contributed by atoms with Crippen LogP contribution in [0.1, 0.15) is 11.6 Å². The number of aromatic nitrogens is 2. The highest BCUT2D eigenvalue weighted by Crippen LogP contribution is 2.16. The molecule has 1 amide bonds. The lowest BCUT2D eigenvalue weighted by Crippen LogP contribution is -2.28. The fraction of sp³-hybridized carbons (Fsp3) is 0.333. The van der Waals surface area contributed by atoms with Crippen molar-refractivity contribution in [1.82, 2.24) is 14.9 Å². The standard InChI is InChI=1S/C9H9ClN4O/c1-14(2)9(15)6(4-11)7-3-8(10)13-5-12-7/h3,5-6H,1-2H3. The van der Waals surface area contributed by atoms with Gasteiger partial charge in [-0.05, 0) is 6.07 Å². The second kappa shape index (κ2) is 4.71. The minimum absolute atomic E-state index is 0.215. The zero-order valence-corrected chi connectivity index (χ0v) is 9.06. The van der Waals surface area contributed by atoms with Gasteiger partial charge in [-0.3, -0.25) is 4.79 Å². The third-order valence-corrected chi connectivity index (χ3v) is 1.97. The van der Waals surface area contributed by atoms with E-state index in [4.69, 9.17) is 16.9 Å². The summed E-state index contributed by atoms with van der Waals surface area (Å²) in [6.07, 6.45) is 1.23. The van der Waals surface area contributed by atoms with Crippen LogP contribution >= 0.6 is 11.6 Å². The van der Waals surface area contributed by atoms with Gasteiger partial charge in [-0.2, -0.15) is 5.26 Å². The van der Waals surface area contributed by atoms with Crippen molar-refractivity contribution in [2.24, 2.45) is 0 Å². The van der Waals surface area contributed by atoms with E-state index in [1.54, 1.807) is 14.1 Å². The Bertz CT molecular complexity index is 413. The summed E-state index contributed by atoms with van der Waals surface area (Å²) >= 11 is 5.64. The topological polar surface area (TPSA) is 69.9 Å². The van der Waals surface area contributed by atoms with Gasteiger partial charge in [0.15, 0.2) is 5.92 Å². The maximum Gasteiger partial charge on any atom is 0.245 e. The van der Waals surface area contributed by atoms with E-state index in [9.17, 15) is 4.79 Å². The Hall–Kier alpha value is -1.67. The Kier molecular flexibility index (Phi) is 3.58. The maximum atomic E-state index is 11.6. The van der Waals surface area contributed by atoms with Crippen LogP contribution in [0.3, 0.4) is 0 Å². The second-order valence-corrected chi connectivity index (χ2v) is 3.45. The lowest BCUT2D eigenvalue weighted by molar-refractivity contribution is -0.129. The average molecular weight is 225 g/mol. The van der Waals surface area contributed by atoms with E-state index in [0.717, 1.165) is 0 Å². The van der Waals surface area contributed by atoms with Crippen LogP contribution in [0, 0.1) is 11.3 Å². The van der Waals surface area contributed by atoms with Crippen molar-refractivity contribution in [2.75, 3.05) is 14.1 Å². The van der Waals surface area contributed by atoms with Gasteiger partial charge in [0.05, 0.1) is 11.8 Å². The molecule has 0 aliphatic heterocycles. The molecule has 1 atom stereocenters. The number of rotatable bonds is 2. The Morgan fingerprint density at radius 2 is 2.27 bits per heavy atom. The van der Waals surface area contributed by atoms with E-state index in [1.165, 1.54) is 17.3 Å². The van der Waals surface area contributed by atoms with Gasteiger partial charge >= 0.3 is 0 Å². The zero-order chi connectivity index (χ0) is 11.4. The van der Waals surface area contributed by atoms with E-state index in [1.807, 2.05) is 6.07 Å². The molecule has 0 aliphatic rings. The molecule has 0 N–H and O–H groups in total. The molecule has 1 rings (SSSR count).